The molecule has 0 N–H and O–H groups in total. The summed E-state index contributed by atoms with van der Waals surface area (Å²) in [7, 11) is 1.33. The van der Waals surface area contributed by atoms with E-state index in [0.29, 0.717) is 5.69 Å². The Labute approximate surface area is 132 Å². The van der Waals surface area contributed by atoms with E-state index in [-0.39, 0.29) is 11.3 Å². The van der Waals surface area contributed by atoms with E-state index in [4.69, 9.17) is 4.74 Å². The highest BCUT2D eigenvalue weighted by molar-refractivity contribution is 5.94. The Hall–Kier alpha value is -2.82. The van der Waals surface area contributed by atoms with Gasteiger partial charge in [-0.25, -0.2) is 8.78 Å². The molecule has 0 aliphatic carbocycles. The van der Waals surface area contributed by atoms with Crippen molar-refractivity contribution in [2.24, 2.45) is 4.99 Å². The van der Waals surface area contributed by atoms with Crippen LogP contribution in [0, 0.1) is 18.6 Å². The molecule has 116 valence electrons. The molecular formula is C18H14F2N2O. The molecule has 0 spiro atoms. The molecule has 0 radical (unpaired) electrons. The Balaban J connectivity index is 2.08. The Bertz CT molecular complexity index is 907. The summed E-state index contributed by atoms with van der Waals surface area (Å²) in [5.74, 6) is -1.48. The van der Waals surface area contributed by atoms with Gasteiger partial charge < -0.3 is 4.74 Å². The van der Waals surface area contributed by atoms with E-state index >= 15 is 0 Å². The smallest absolute Gasteiger partial charge is 0.168 e. The Kier molecular flexibility index (Phi) is 4.02. The van der Waals surface area contributed by atoms with Crippen LogP contribution >= 0.6 is 0 Å². The third-order valence-corrected chi connectivity index (χ3v) is 3.43. The van der Waals surface area contributed by atoms with Gasteiger partial charge in [0.15, 0.2) is 11.6 Å². The van der Waals surface area contributed by atoms with E-state index < -0.39 is 11.6 Å². The van der Waals surface area contributed by atoms with Crippen LogP contribution < -0.4 is 4.74 Å². The predicted octanol–water partition coefficient (Wildman–Crippen LogP) is 4.58. The van der Waals surface area contributed by atoms with Crippen LogP contribution in [0.5, 0.6) is 5.75 Å². The number of ether oxygens (including phenoxy) is 1. The zero-order valence-electron chi connectivity index (χ0n) is 12.7. The summed E-state index contributed by atoms with van der Waals surface area (Å²) in [6.45, 7) is 1.91. The van der Waals surface area contributed by atoms with Gasteiger partial charge in [0, 0.05) is 28.9 Å². The second-order valence-corrected chi connectivity index (χ2v) is 5.06. The van der Waals surface area contributed by atoms with Crippen molar-refractivity contribution >= 4 is 22.8 Å². The molecule has 0 amide bonds. The monoisotopic (exact) mass is 312 g/mol. The minimum atomic E-state index is -0.760. The van der Waals surface area contributed by atoms with Crippen LogP contribution in [0.1, 0.15) is 11.3 Å². The van der Waals surface area contributed by atoms with Crippen molar-refractivity contribution in [2.75, 3.05) is 7.11 Å². The number of hydrogen-bond acceptors (Lipinski definition) is 3. The summed E-state index contributed by atoms with van der Waals surface area (Å²) in [6.07, 6.45) is 1.39. The lowest BCUT2D eigenvalue weighted by Crippen LogP contribution is -1.96. The largest absolute Gasteiger partial charge is 0.493 e. The minimum Gasteiger partial charge on any atom is -0.493 e. The van der Waals surface area contributed by atoms with E-state index in [1.807, 2.05) is 37.3 Å². The van der Waals surface area contributed by atoms with Gasteiger partial charge in [-0.2, -0.15) is 0 Å². The molecule has 3 aromatic rings. The van der Waals surface area contributed by atoms with Gasteiger partial charge >= 0.3 is 0 Å². The van der Waals surface area contributed by atoms with Gasteiger partial charge in [-0.15, -0.1) is 0 Å². The Morgan fingerprint density at radius 3 is 2.74 bits per heavy atom. The van der Waals surface area contributed by atoms with Crippen molar-refractivity contribution in [3.63, 3.8) is 0 Å². The van der Waals surface area contributed by atoms with Crippen LogP contribution in [0.2, 0.25) is 0 Å². The van der Waals surface area contributed by atoms with Crippen LogP contribution in [0.15, 0.2) is 47.5 Å². The summed E-state index contributed by atoms with van der Waals surface area (Å²) in [6, 6.07) is 11.3. The quantitative estimate of drug-likeness (QED) is 0.663. The van der Waals surface area contributed by atoms with Crippen LogP contribution in [0.4, 0.5) is 14.5 Å². The van der Waals surface area contributed by atoms with Crippen LogP contribution in [0.3, 0.4) is 0 Å². The second kappa shape index (κ2) is 6.12. The van der Waals surface area contributed by atoms with Gasteiger partial charge in [0.05, 0.1) is 18.3 Å². The highest BCUT2D eigenvalue weighted by Crippen LogP contribution is 2.27. The first-order valence-corrected chi connectivity index (χ1v) is 7.02. The first-order valence-electron chi connectivity index (χ1n) is 7.02. The number of hydrogen-bond donors (Lipinski definition) is 0. The first-order chi connectivity index (χ1) is 11.1. The van der Waals surface area contributed by atoms with Crippen molar-refractivity contribution in [3.8, 4) is 5.75 Å². The minimum absolute atomic E-state index is 0.0376. The van der Waals surface area contributed by atoms with E-state index in [0.717, 1.165) is 22.7 Å². The summed E-state index contributed by atoms with van der Waals surface area (Å²) < 4.78 is 32.1. The lowest BCUT2D eigenvalue weighted by Gasteiger charge is -2.06. The third-order valence-electron chi connectivity index (χ3n) is 3.43. The number of fused-ring (bicyclic) bond motifs is 1. The van der Waals surface area contributed by atoms with Crippen LogP contribution in [-0.4, -0.2) is 18.3 Å². The molecule has 0 saturated carbocycles. The molecule has 2 aromatic carbocycles. The molecule has 3 nitrogen and oxygen atoms in total. The molecule has 0 atom stereocenters. The van der Waals surface area contributed by atoms with Crippen molar-refractivity contribution in [3.05, 3.63) is 65.4 Å². The van der Waals surface area contributed by atoms with E-state index in [9.17, 15) is 8.78 Å². The van der Waals surface area contributed by atoms with Crippen LogP contribution in [-0.2, 0) is 0 Å². The number of aliphatic imine (C=N–C) groups is 1. The Morgan fingerprint density at radius 1 is 1.13 bits per heavy atom. The van der Waals surface area contributed by atoms with Gasteiger partial charge in [0.2, 0.25) is 0 Å². The number of methoxy groups -OCH3 is 1. The standard InChI is InChI=1S/C18H14F2N2O/c1-11-6-7-14-16(4-3-5-17(14)22-11)21-10-12-8-13(19)9-15(20)18(12)23-2/h3-10H,1-2H3. The van der Waals surface area contributed by atoms with Crippen molar-refractivity contribution in [1.29, 1.82) is 0 Å². The maximum Gasteiger partial charge on any atom is 0.168 e. The number of pyridine rings is 1. The SMILES string of the molecule is COc1c(F)cc(F)cc1C=Nc1cccc2nc(C)ccc12. The molecule has 23 heavy (non-hydrogen) atoms. The molecule has 5 heteroatoms. The van der Waals surface area contributed by atoms with Gasteiger partial charge in [-0.05, 0) is 37.3 Å². The summed E-state index contributed by atoms with van der Waals surface area (Å²) >= 11 is 0. The lowest BCUT2D eigenvalue weighted by molar-refractivity contribution is 0.383. The molecule has 0 aliphatic heterocycles. The summed E-state index contributed by atoms with van der Waals surface area (Å²) in [4.78, 5) is 8.78. The maximum absolute atomic E-state index is 13.7. The maximum atomic E-state index is 13.7. The van der Waals surface area contributed by atoms with Crippen molar-refractivity contribution < 1.29 is 13.5 Å². The number of rotatable bonds is 3. The van der Waals surface area contributed by atoms with E-state index in [2.05, 4.69) is 9.98 Å². The molecule has 1 aromatic heterocycles. The number of aromatic nitrogens is 1. The fraction of sp³-hybridized carbons (Fsp3) is 0.111. The molecular weight excluding hydrogens is 298 g/mol. The summed E-state index contributed by atoms with van der Waals surface area (Å²) in [5.41, 5.74) is 2.63. The number of benzene rings is 2. The molecule has 0 saturated heterocycles. The number of aryl methyl sites for hydroxylation is 1. The Morgan fingerprint density at radius 2 is 1.96 bits per heavy atom. The molecule has 0 aliphatic rings. The highest BCUT2D eigenvalue weighted by atomic mass is 19.1. The number of nitrogens with zero attached hydrogens (tertiary/aromatic N) is 2. The fourth-order valence-corrected chi connectivity index (χ4v) is 2.38. The summed E-state index contributed by atoms with van der Waals surface area (Å²) in [5, 5.41) is 0.866. The van der Waals surface area contributed by atoms with Crippen LogP contribution in [0.25, 0.3) is 10.9 Å². The molecule has 3 rings (SSSR count). The zero-order chi connectivity index (χ0) is 16.4. The predicted molar refractivity (Wildman–Crippen MR) is 86.6 cm³/mol. The lowest BCUT2D eigenvalue weighted by atomic mass is 10.1. The average molecular weight is 312 g/mol. The molecule has 1 heterocycles. The third kappa shape index (κ3) is 3.04. The fourth-order valence-electron chi connectivity index (χ4n) is 2.38. The zero-order valence-corrected chi connectivity index (χ0v) is 12.7. The first kappa shape index (κ1) is 15.1. The van der Waals surface area contributed by atoms with Gasteiger partial charge in [0.25, 0.3) is 0 Å². The average Bonchev–Trinajstić information content (AvgIpc) is 2.52. The molecule has 0 unspecified atom stereocenters. The molecule has 0 fully saturated rings. The van der Waals surface area contributed by atoms with Crippen molar-refractivity contribution in [1.82, 2.24) is 4.98 Å². The van der Waals surface area contributed by atoms with Gasteiger partial charge in [0.1, 0.15) is 5.82 Å². The normalized spacial score (nSPS) is 11.3. The van der Waals surface area contributed by atoms with Gasteiger partial charge in [-0.1, -0.05) is 6.07 Å². The second-order valence-electron chi connectivity index (χ2n) is 5.06. The number of halogens is 2. The topological polar surface area (TPSA) is 34.5 Å². The van der Waals surface area contributed by atoms with Crippen molar-refractivity contribution in [2.45, 2.75) is 6.92 Å². The highest BCUT2D eigenvalue weighted by Gasteiger charge is 2.10. The van der Waals surface area contributed by atoms with E-state index in [1.54, 1.807) is 0 Å². The van der Waals surface area contributed by atoms with E-state index in [1.165, 1.54) is 19.4 Å². The van der Waals surface area contributed by atoms with Gasteiger partial charge in [-0.3, -0.25) is 9.98 Å². The molecule has 0 bridgehead atoms.